The average molecular weight is 388 g/mol. The predicted octanol–water partition coefficient (Wildman–Crippen LogP) is 3.92. The van der Waals surface area contributed by atoms with Gasteiger partial charge in [0.2, 0.25) is 5.91 Å². The van der Waals surface area contributed by atoms with Crippen molar-refractivity contribution in [1.82, 2.24) is 5.32 Å². The van der Waals surface area contributed by atoms with Gasteiger partial charge in [-0.1, -0.05) is 27.5 Å². The largest absolute Gasteiger partial charge is 0.351 e. The Morgan fingerprint density at radius 3 is 2.76 bits per heavy atom. The van der Waals surface area contributed by atoms with Crippen molar-refractivity contribution >= 4 is 56.4 Å². The Morgan fingerprint density at radius 2 is 2.10 bits per heavy atom. The molecule has 0 saturated carbocycles. The van der Waals surface area contributed by atoms with Crippen LogP contribution in [0.3, 0.4) is 0 Å². The molecule has 0 bridgehead atoms. The number of halogens is 2. The molecule has 1 aromatic carbocycles. The fourth-order valence-electron chi connectivity index (χ4n) is 1.59. The SMILES string of the molecule is O=C(CCNC(=O)c1ccsc1)Nc1ccc(Br)cc1Cl. The van der Waals surface area contributed by atoms with Crippen LogP contribution in [-0.2, 0) is 4.79 Å². The van der Waals surface area contributed by atoms with Gasteiger partial charge >= 0.3 is 0 Å². The van der Waals surface area contributed by atoms with Crippen molar-refractivity contribution in [2.45, 2.75) is 6.42 Å². The molecular formula is C14H12BrClN2O2S. The third-order valence-corrected chi connectivity index (χ3v) is 4.12. The zero-order chi connectivity index (χ0) is 15.2. The quantitative estimate of drug-likeness (QED) is 0.817. The van der Waals surface area contributed by atoms with Crippen molar-refractivity contribution in [2.24, 2.45) is 0 Å². The summed E-state index contributed by atoms with van der Waals surface area (Å²) >= 11 is 10.8. The molecule has 2 amide bonds. The topological polar surface area (TPSA) is 58.2 Å². The van der Waals surface area contributed by atoms with Gasteiger partial charge in [-0.15, -0.1) is 0 Å². The monoisotopic (exact) mass is 386 g/mol. The van der Waals surface area contributed by atoms with E-state index >= 15 is 0 Å². The normalized spacial score (nSPS) is 10.2. The number of hydrogen-bond acceptors (Lipinski definition) is 3. The van der Waals surface area contributed by atoms with Gasteiger partial charge in [0.25, 0.3) is 5.91 Å². The van der Waals surface area contributed by atoms with Gasteiger partial charge < -0.3 is 10.6 Å². The van der Waals surface area contributed by atoms with Crippen molar-refractivity contribution in [2.75, 3.05) is 11.9 Å². The van der Waals surface area contributed by atoms with E-state index in [4.69, 9.17) is 11.6 Å². The number of nitrogens with one attached hydrogen (secondary N) is 2. The summed E-state index contributed by atoms with van der Waals surface area (Å²) in [6.07, 6.45) is 0.183. The summed E-state index contributed by atoms with van der Waals surface area (Å²) in [5, 5.41) is 9.45. The number of benzene rings is 1. The molecule has 110 valence electrons. The molecule has 0 unspecified atom stereocenters. The van der Waals surface area contributed by atoms with Crippen LogP contribution in [0.4, 0.5) is 5.69 Å². The molecule has 2 N–H and O–H groups in total. The van der Waals surface area contributed by atoms with E-state index in [2.05, 4.69) is 26.6 Å². The van der Waals surface area contributed by atoms with Crippen molar-refractivity contribution in [1.29, 1.82) is 0 Å². The minimum Gasteiger partial charge on any atom is -0.351 e. The van der Waals surface area contributed by atoms with Gasteiger partial charge in [-0.25, -0.2) is 0 Å². The lowest BCUT2D eigenvalue weighted by atomic mass is 10.3. The molecule has 0 atom stereocenters. The number of hydrogen-bond donors (Lipinski definition) is 2. The Morgan fingerprint density at radius 1 is 1.29 bits per heavy atom. The van der Waals surface area contributed by atoms with Gasteiger partial charge in [-0.2, -0.15) is 11.3 Å². The van der Waals surface area contributed by atoms with E-state index < -0.39 is 0 Å². The van der Waals surface area contributed by atoms with E-state index in [-0.39, 0.29) is 24.8 Å². The first-order chi connectivity index (χ1) is 10.1. The van der Waals surface area contributed by atoms with Gasteiger partial charge in [0.15, 0.2) is 0 Å². The first-order valence-corrected chi connectivity index (χ1v) is 8.23. The number of carbonyl (C=O) groups is 2. The number of anilines is 1. The highest BCUT2D eigenvalue weighted by molar-refractivity contribution is 9.10. The molecule has 7 heteroatoms. The third-order valence-electron chi connectivity index (χ3n) is 2.63. The maximum Gasteiger partial charge on any atom is 0.252 e. The average Bonchev–Trinajstić information content (AvgIpc) is 2.96. The summed E-state index contributed by atoms with van der Waals surface area (Å²) in [7, 11) is 0. The number of amides is 2. The zero-order valence-corrected chi connectivity index (χ0v) is 14.0. The molecule has 0 aliphatic heterocycles. The van der Waals surface area contributed by atoms with Gasteiger partial charge in [0, 0.05) is 28.4 Å². The second-order valence-corrected chi connectivity index (χ2v) is 6.29. The number of thiophene rings is 1. The van der Waals surface area contributed by atoms with Crippen LogP contribution in [0.25, 0.3) is 0 Å². The lowest BCUT2D eigenvalue weighted by Gasteiger charge is -2.08. The molecule has 0 fully saturated rings. The number of carbonyl (C=O) groups excluding carboxylic acids is 2. The van der Waals surface area contributed by atoms with Crippen LogP contribution in [0.15, 0.2) is 39.5 Å². The van der Waals surface area contributed by atoms with E-state index in [1.807, 2.05) is 5.38 Å². The van der Waals surface area contributed by atoms with Crippen LogP contribution in [0.5, 0.6) is 0 Å². The van der Waals surface area contributed by atoms with Gasteiger partial charge in [-0.05, 0) is 29.6 Å². The molecular weight excluding hydrogens is 376 g/mol. The van der Waals surface area contributed by atoms with E-state index in [1.165, 1.54) is 11.3 Å². The second-order valence-electron chi connectivity index (χ2n) is 4.19. The zero-order valence-electron chi connectivity index (χ0n) is 10.9. The third kappa shape index (κ3) is 4.84. The van der Waals surface area contributed by atoms with Crippen LogP contribution >= 0.6 is 38.9 Å². The smallest absolute Gasteiger partial charge is 0.252 e. The maximum absolute atomic E-state index is 11.8. The Labute approximate surface area is 139 Å². The highest BCUT2D eigenvalue weighted by Crippen LogP contribution is 2.25. The van der Waals surface area contributed by atoms with Crippen molar-refractivity contribution in [3.8, 4) is 0 Å². The van der Waals surface area contributed by atoms with Gasteiger partial charge in [-0.3, -0.25) is 9.59 Å². The first kappa shape index (κ1) is 16.0. The molecule has 2 aromatic rings. The minimum atomic E-state index is -0.204. The fraction of sp³-hybridized carbons (Fsp3) is 0.143. The molecule has 4 nitrogen and oxygen atoms in total. The molecule has 0 aliphatic rings. The van der Waals surface area contributed by atoms with Gasteiger partial charge in [0.05, 0.1) is 10.7 Å². The van der Waals surface area contributed by atoms with E-state index in [1.54, 1.807) is 29.6 Å². The fourth-order valence-corrected chi connectivity index (χ4v) is 2.95. The first-order valence-electron chi connectivity index (χ1n) is 6.11. The lowest BCUT2D eigenvalue weighted by Crippen LogP contribution is -2.27. The van der Waals surface area contributed by atoms with Crippen LogP contribution in [0.1, 0.15) is 16.8 Å². The van der Waals surface area contributed by atoms with E-state index in [0.717, 1.165) is 4.47 Å². The standard InChI is InChI=1S/C14H12BrClN2O2S/c15-10-1-2-12(11(16)7-10)18-13(19)3-5-17-14(20)9-4-6-21-8-9/h1-2,4,6-8H,3,5H2,(H,17,20)(H,18,19). The molecule has 0 saturated heterocycles. The summed E-state index contributed by atoms with van der Waals surface area (Å²) in [6.45, 7) is 0.272. The predicted molar refractivity (Wildman–Crippen MR) is 89.1 cm³/mol. The molecule has 0 radical (unpaired) electrons. The Hall–Kier alpha value is -1.37. The van der Waals surface area contributed by atoms with Crippen molar-refractivity contribution in [3.63, 3.8) is 0 Å². The van der Waals surface area contributed by atoms with Crippen molar-refractivity contribution in [3.05, 3.63) is 50.1 Å². The van der Waals surface area contributed by atoms with Crippen LogP contribution in [0.2, 0.25) is 5.02 Å². The Bertz CT molecular complexity index is 646. The van der Waals surface area contributed by atoms with Crippen LogP contribution < -0.4 is 10.6 Å². The molecule has 1 aromatic heterocycles. The Balaban J connectivity index is 1.78. The summed E-state index contributed by atoms with van der Waals surface area (Å²) in [4.78, 5) is 23.5. The van der Waals surface area contributed by atoms with Crippen molar-refractivity contribution < 1.29 is 9.59 Å². The molecule has 0 spiro atoms. The summed E-state index contributed by atoms with van der Waals surface area (Å²) in [5.41, 5.74) is 1.16. The summed E-state index contributed by atoms with van der Waals surface area (Å²) in [6, 6.07) is 6.95. The minimum absolute atomic E-state index is 0.175. The van der Waals surface area contributed by atoms with E-state index in [9.17, 15) is 9.59 Å². The van der Waals surface area contributed by atoms with Crippen LogP contribution in [0, 0.1) is 0 Å². The van der Waals surface area contributed by atoms with Crippen LogP contribution in [-0.4, -0.2) is 18.4 Å². The number of rotatable bonds is 5. The molecule has 0 aliphatic carbocycles. The van der Waals surface area contributed by atoms with Gasteiger partial charge in [0.1, 0.15) is 0 Å². The lowest BCUT2D eigenvalue weighted by molar-refractivity contribution is -0.116. The summed E-state index contributed by atoms with van der Waals surface area (Å²) < 4.78 is 0.841. The Kier molecular flexibility index (Phi) is 5.78. The highest BCUT2D eigenvalue weighted by atomic mass is 79.9. The maximum atomic E-state index is 11.8. The summed E-state index contributed by atoms with van der Waals surface area (Å²) in [5.74, 6) is -0.379. The molecule has 2 rings (SSSR count). The second kappa shape index (κ2) is 7.59. The van der Waals surface area contributed by atoms with E-state index in [0.29, 0.717) is 16.3 Å². The molecule has 21 heavy (non-hydrogen) atoms. The highest BCUT2D eigenvalue weighted by Gasteiger charge is 2.08. The molecule has 1 heterocycles.